The lowest BCUT2D eigenvalue weighted by molar-refractivity contribution is -0.131. The van der Waals surface area contributed by atoms with Gasteiger partial charge in [-0.2, -0.15) is 12.6 Å². The molecule has 1 saturated heterocycles. The molecule has 1 aliphatic rings. The van der Waals surface area contributed by atoms with Gasteiger partial charge in [-0.15, -0.1) is 0 Å². The van der Waals surface area contributed by atoms with E-state index in [1.807, 2.05) is 4.90 Å². The quantitative estimate of drug-likeness (QED) is 0.556. The van der Waals surface area contributed by atoms with Crippen LogP contribution < -0.4 is 0 Å². The number of hydrogen-bond donors (Lipinski definition) is 1. The number of hydrogen-bond acceptors (Lipinski definition) is 3. The maximum atomic E-state index is 11.5. The normalized spacial score (nSPS) is 18.4. The zero-order valence-corrected chi connectivity index (χ0v) is 9.47. The minimum Gasteiger partial charge on any atom is -0.379 e. The summed E-state index contributed by atoms with van der Waals surface area (Å²) in [7, 11) is 0. The molecule has 1 fully saturated rings. The third-order valence-corrected chi connectivity index (χ3v) is 2.60. The van der Waals surface area contributed by atoms with Gasteiger partial charge in [0, 0.05) is 25.3 Å². The number of nitrogens with zero attached hydrogens (tertiary/aromatic N) is 1. The molecule has 0 radical (unpaired) electrons. The molecule has 4 heteroatoms. The van der Waals surface area contributed by atoms with Gasteiger partial charge in [0.15, 0.2) is 0 Å². The van der Waals surface area contributed by atoms with Gasteiger partial charge in [-0.3, -0.25) is 4.79 Å². The number of thiol groups is 1. The molecular weight excluding hydrogens is 198 g/mol. The van der Waals surface area contributed by atoms with Crippen molar-refractivity contribution in [3.63, 3.8) is 0 Å². The fourth-order valence-corrected chi connectivity index (χ4v) is 1.75. The first-order valence-corrected chi connectivity index (χ1v) is 5.94. The molecule has 0 aromatic carbocycles. The van der Waals surface area contributed by atoms with Crippen molar-refractivity contribution in [1.29, 1.82) is 0 Å². The summed E-state index contributed by atoms with van der Waals surface area (Å²) in [6.45, 7) is 2.97. The van der Waals surface area contributed by atoms with Crippen molar-refractivity contribution in [3.8, 4) is 0 Å². The smallest absolute Gasteiger partial charge is 0.222 e. The van der Waals surface area contributed by atoms with Gasteiger partial charge in [-0.1, -0.05) is 6.42 Å². The SMILES string of the molecule is O=C1CCCCCN1CCOCCS. The Hall–Kier alpha value is -0.220. The Balaban J connectivity index is 2.16. The van der Waals surface area contributed by atoms with Crippen LogP contribution in [0.4, 0.5) is 0 Å². The molecule has 0 atom stereocenters. The van der Waals surface area contributed by atoms with Crippen molar-refractivity contribution < 1.29 is 9.53 Å². The van der Waals surface area contributed by atoms with Gasteiger partial charge in [0.05, 0.1) is 13.2 Å². The summed E-state index contributed by atoms with van der Waals surface area (Å²) in [5.41, 5.74) is 0. The summed E-state index contributed by atoms with van der Waals surface area (Å²) >= 11 is 4.05. The zero-order valence-electron chi connectivity index (χ0n) is 8.57. The number of likely N-dealkylation sites (tertiary alicyclic amines) is 1. The van der Waals surface area contributed by atoms with Crippen LogP contribution in [0.3, 0.4) is 0 Å². The predicted molar refractivity (Wildman–Crippen MR) is 59.7 cm³/mol. The number of rotatable bonds is 5. The van der Waals surface area contributed by atoms with Gasteiger partial charge in [-0.25, -0.2) is 0 Å². The van der Waals surface area contributed by atoms with Crippen molar-refractivity contribution in [3.05, 3.63) is 0 Å². The van der Waals surface area contributed by atoms with E-state index in [4.69, 9.17) is 4.74 Å². The Kier molecular flexibility index (Phi) is 6.03. The fraction of sp³-hybridized carbons (Fsp3) is 0.900. The summed E-state index contributed by atoms with van der Waals surface area (Å²) in [6, 6.07) is 0. The lowest BCUT2D eigenvalue weighted by Crippen LogP contribution is -2.33. The van der Waals surface area contributed by atoms with E-state index in [2.05, 4.69) is 12.6 Å². The average molecular weight is 217 g/mol. The molecule has 1 rings (SSSR count). The number of amides is 1. The van der Waals surface area contributed by atoms with Crippen LogP contribution in [0.2, 0.25) is 0 Å². The van der Waals surface area contributed by atoms with Crippen LogP contribution in [0.1, 0.15) is 25.7 Å². The first-order valence-electron chi connectivity index (χ1n) is 5.31. The van der Waals surface area contributed by atoms with Gasteiger partial charge < -0.3 is 9.64 Å². The number of ether oxygens (including phenoxy) is 1. The molecule has 0 unspecified atom stereocenters. The van der Waals surface area contributed by atoms with Crippen LogP contribution in [0, 0.1) is 0 Å². The Morgan fingerprint density at radius 2 is 2.14 bits per heavy atom. The summed E-state index contributed by atoms with van der Waals surface area (Å²) in [5, 5.41) is 0. The second-order valence-electron chi connectivity index (χ2n) is 3.53. The molecule has 82 valence electrons. The summed E-state index contributed by atoms with van der Waals surface area (Å²) in [6.07, 6.45) is 4.08. The molecule has 0 aromatic heterocycles. The Labute approximate surface area is 91.2 Å². The largest absolute Gasteiger partial charge is 0.379 e. The molecular formula is C10H19NO2S. The van der Waals surface area contributed by atoms with E-state index in [9.17, 15) is 4.79 Å². The van der Waals surface area contributed by atoms with Crippen LogP contribution in [-0.4, -0.2) is 42.9 Å². The molecule has 14 heavy (non-hydrogen) atoms. The van der Waals surface area contributed by atoms with Crippen LogP contribution in [-0.2, 0) is 9.53 Å². The second-order valence-corrected chi connectivity index (χ2v) is 3.97. The average Bonchev–Trinajstić information content (AvgIpc) is 2.39. The monoisotopic (exact) mass is 217 g/mol. The molecule has 3 nitrogen and oxygen atoms in total. The van der Waals surface area contributed by atoms with Crippen molar-refractivity contribution >= 4 is 18.5 Å². The Bertz CT molecular complexity index is 176. The van der Waals surface area contributed by atoms with Crippen LogP contribution in [0.25, 0.3) is 0 Å². The minimum atomic E-state index is 0.289. The van der Waals surface area contributed by atoms with E-state index in [-0.39, 0.29) is 5.91 Å². The molecule has 0 N–H and O–H groups in total. The summed E-state index contributed by atoms with van der Waals surface area (Å²) in [4.78, 5) is 13.5. The highest BCUT2D eigenvalue weighted by Gasteiger charge is 2.15. The van der Waals surface area contributed by atoms with Crippen LogP contribution in [0.15, 0.2) is 0 Å². The molecule has 0 saturated carbocycles. The van der Waals surface area contributed by atoms with Gasteiger partial charge in [-0.05, 0) is 12.8 Å². The fourth-order valence-electron chi connectivity index (χ4n) is 1.62. The van der Waals surface area contributed by atoms with E-state index in [1.54, 1.807) is 0 Å². The summed E-state index contributed by atoms with van der Waals surface area (Å²) < 4.78 is 5.30. The Morgan fingerprint density at radius 1 is 1.29 bits per heavy atom. The van der Waals surface area contributed by atoms with Crippen molar-refractivity contribution in [1.82, 2.24) is 4.90 Å². The van der Waals surface area contributed by atoms with Gasteiger partial charge in [0.25, 0.3) is 0 Å². The minimum absolute atomic E-state index is 0.289. The highest BCUT2D eigenvalue weighted by Crippen LogP contribution is 2.10. The van der Waals surface area contributed by atoms with E-state index in [0.29, 0.717) is 19.6 Å². The third kappa shape index (κ3) is 4.33. The molecule has 0 bridgehead atoms. The maximum absolute atomic E-state index is 11.5. The van der Waals surface area contributed by atoms with Crippen LogP contribution >= 0.6 is 12.6 Å². The molecule has 1 heterocycles. The zero-order chi connectivity index (χ0) is 10.2. The van der Waals surface area contributed by atoms with Gasteiger partial charge in [0.1, 0.15) is 0 Å². The lowest BCUT2D eigenvalue weighted by Gasteiger charge is -2.20. The van der Waals surface area contributed by atoms with Gasteiger partial charge >= 0.3 is 0 Å². The van der Waals surface area contributed by atoms with Gasteiger partial charge in [0.2, 0.25) is 5.91 Å². The van der Waals surface area contributed by atoms with Crippen LogP contribution in [0.5, 0.6) is 0 Å². The lowest BCUT2D eigenvalue weighted by atomic mass is 10.2. The molecule has 0 spiro atoms. The number of carbonyl (C=O) groups is 1. The molecule has 0 aromatic rings. The number of carbonyl (C=O) groups excluding carboxylic acids is 1. The van der Waals surface area contributed by atoms with E-state index >= 15 is 0 Å². The maximum Gasteiger partial charge on any atom is 0.222 e. The third-order valence-electron chi connectivity index (χ3n) is 2.41. The molecule has 1 aliphatic heterocycles. The highest BCUT2D eigenvalue weighted by molar-refractivity contribution is 7.80. The van der Waals surface area contributed by atoms with Crippen molar-refractivity contribution in [2.75, 3.05) is 32.1 Å². The first-order chi connectivity index (χ1) is 6.84. The predicted octanol–water partition coefficient (Wildman–Crippen LogP) is 1.34. The standard InChI is InChI=1S/C10H19NO2S/c12-10-4-2-1-3-5-11(10)6-7-13-8-9-14/h14H,1-9H2. The second kappa shape index (κ2) is 7.12. The molecule has 0 aliphatic carbocycles. The van der Waals surface area contributed by atoms with E-state index < -0.39 is 0 Å². The summed E-state index contributed by atoms with van der Waals surface area (Å²) in [5.74, 6) is 1.03. The topological polar surface area (TPSA) is 29.5 Å². The Morgan fingerprint density at radius 3 is 2.93 bits per heavy atom. The highest BCUT2D eigenvalue weighted by atomic mass is 32.1. The first kappa shape index (κ1) is 11.9. The van der Waals surface area contributed by atoms with Crippen molar-refractivity contribution in [2.24, 2.45) is 0 Å². The van der Waals surface area contributed by atoms with E-state index in [1.165, 1.54) is 6.42 Å². The van der Waals surface area contributed by atoms with E-state index in [0.717, 1.165) is 31.7 Å². The van der Waals surface area contributed by atoms with Crippen molar-refractivity contribution in [2.45, 2.75) is 25.7 Å². The molecule has 1 amide bonds.